The Morgan fingerprint density at radius 2 is 1.50 bits per heavy atom. The summed E-state index contributed by atoms with van der Waals surface area (Å²) in [4.78, 5) is 57.1. The van der Waals surface area contributed by atoms with Crippen molar-refractivity contribution in [1.29, 1.82) is 0 Å². The predicted molar refractivity (Wildman–Crippen MR) is 168 cm³/mol. The Bertz CT molecular complexity index is 1210. The van der Waals surface area contributed by atoms with Gasteiger partial charge in [-0.15, -0.1) is 0 Å². The van der Waals surface area contributed by atoms with Crippen molar-refractivity contribution in [3.05, 3.63) is 34.2 Å². The van der Waals surface area contributed by atoms with Crippen molar-refractivity contribution in [2.24, 2.45) is 0 Å². The first-order valence-electron chi connectivity index (χ1n) is 15.2. The van der Waals surface area contributed by atoms with E-state index in [1.807, 2.05) is 4.90 Å². The van der Waals surface area contributed by atoms with Gasteiger partial charge in [-0.05, 0) is 94.1 Å². The van der Waals surface area contributed by atoms with Gasteiger partial charge in [0.1, 0.15) is 16.8 Å². The molecule has 2 rings (SSSR count). The van der Waals surface area contributed by atoms with E-state index >= 15 is 0 Å². The standard InChI is InChI=1S/C31H52N3O9P/c1-11-40-44(39)19-18-33(21-23-14-15-24(35)32-20-23)22-31(44,25(36)41-28(2,3)4)16-12-13-17-34(26(37)42-29(5,6)7)27(38)43-30(8,9)10/h14-15,20H,11-13,16-19,21-22H2,1-10H3,(H,32,35). The number of imide groups is 1. The fourth-order valence-corrected chi connectivity index (χ4v) is 7.89. The van der Waals surface area contributed by atoms with E-state index in [1.54, 1.807) is 81.5 Å². The number of rotatable bonds is 10. The second kappa shape index (κ2) is 14.6. The van der Waals surface area contributed by atoms with E-state index in [0.29, 0.717) is 19.5 Å². The fraction of sp³-hybridized carbons (Fsp3) is 0.742. The third-order valence-electron chi connectivity index (χ3n) is 6.67. The van der Waals surface area contributed by atoms with Crippen molar-refractivity contribution < 1.29 is 37.7 Å². The van der Waals surface area contributed by atoms with E-state index in [1.165, 1.54) is 6.07 Å². The molecule has 0 aliphatic carbocycles. The molecule has 1 aliphatic rings. The lowest BCUT2D eigenvalue weighted by Gasteiger charge is -2.46. The zero-order valence-corrected chi connectivity index (χ0v) is 29.0. The smallest absolute Gasteiger partial charge is 0.419 e. The van der Waals surface area contributed by atoms with Crippen LogP contribution in [0.25, 0.3) is 0 Å². The lowest BCUT2D eigenvalue weighted by Crippen LogP contribution is -2.56. The summed E-state index contributed by atoms with van der Waals surface area (Å²) in [6.45, 7) is 18.3. The molecule has 2 atom stereocenters. The molecule has 12 nitrogen and oxygen atoms in total. The Morgan fingerprint density at radius 3 is 1.98 bits per heavy atom. The van der Waals surface area contributed by atoms with E-state index in [9.17, 15) is 23.7 Å². The number of nitrogens with zero attached hydrogens (tertiary/aromatic N) is 2. The maximum Gasteiger partial charge on any atom is 0.419 e. The first-order valence-corrected chi connectivity index (χ1v) is 17.0. The normalized spacial score (nSPS) is 21.4. The minimum absolute atomic E-state index is 0.0335. The highest BCUT2D eigenvalue weighted by Gasteiger charge is 2.59. The Hall–Kier alpha value is -2.69. The second-order valence-corrected chi connectivity index (χ2v) is 17.1. The van der Waals surface area contributed by atoms with Crippen LogP contribution in [0.1, 0.15) is 94.1 Å². The molecule has 1 N–H and O–H groups in total. The summed E-state index contributed by atoms with van der Waals surface area (Å²) in [7, 11) is -3.58. The summed E-state index contributed by atoms with van der Waals surface area (Å²) in [5, 5.41) is -1.49. The number of aromatic amines is 1. The van der Waals surface area contributed by atoms with Crippen LogP contribution in [0, 0.1) is 0 Å². The number of nitrogens with one attached hydrogen (secondary N) is 1. The lowest BCUT2D eigenvalue weighted by molar-refractivity contribution is -0.160. The largest absolute Gasteiger partial charge is 0.459 e. The topological polar surface area (TPSA) is 145 Å². The van der Waals surface area contributed by atoms with E-state index < -0.39 is 47.5 Å². The Labute approximate surface area is 261 Å². The van der Waals surface area contributed by atoms with Crippen LogP contribution in [0.5, 0.6) is 0 Å². The molecule has 1 saturated heterocycles. The zero-order valence-electron chi connectivity index (χ0n) is 28.1. The van der Waals surface area contributed by atoms with Gasteiger partial charge in [0.05, 0.1) is 6.61 Å². The van der Waals surface area contributed by atoms with Crippen LogP contribution in [-0.4, -0.2) is 87.3 Å². The van der Waals surface area contributed by atoms with E-state index in [4.69, 9.17) is 18.7 Å². The van der Waals surface area contributed by atoms with Gasteiger partial charge in [0, 0.05) is 44.6 Å². The maximum absolute atomic E-state index is 14.6. The van der Waals surface area contributed by atoms with Crippen LogP contribution in [0.4, 0.5) is 9.59 Å². The van der Waals surface area contributed by atoms with Crippen LogP contribution < -0.4 is 5.56 Å². The van der Waals surface area contributed by atoms with Crippen LogP contribution in [-0.2, 0) is 34.6 Å². The lowest BCUT2D eigenvalue weighted by atomic mass is 9.98. The monoisotopic (exact) mass is 641 g/mol. The van der Waals surface area contributed by atoms with E-state index in [0.717, 1.165) is 10.5 Å². The van der Waals surface area contributed by atoms with Crippen molar-refractivity contribution in [3.63, 3.8) is 0 Å². The molecule has 0 radical (unpaired) electrons. The number of hydrogen-bond acceptors (Lipinski definition) is 10. The third-order valence-corrected chi connectivity index (χ3v) is 9.98. The van der Waals surface area contributed by atoms with Crippen LogP contribution in [0.2, 0.25) is 0 Å². The van der Waals surface area contributed by atoms with E-state index in [2.05, 4.69) is 4.98 Å². The number of carbonyl (C=O) groups excluding carboxylic acids is 3. The number of unbranched alkanes of at least 4 members (excludes halogenated alkanes) is 1. The number of esters is 1. The Balaban J connectivity index is 2.38. The number of pyridine rings is 1. The highest BCUT2D eigenvalue weighted by Crippen LogP contribution is 2.64. The Kier molecular flexibility index (Phi) is 12.4. The number of aromatic nitrogens is 1. The number of carbonyl (C=O) groups is 3. The fourth-order valence-electron chi connectivity index (χ4n) is 4.88. The summed E-state index contributed by atoms with van der Waals surface area (Å²) < 4.78 is 37.3. The predicted octanol–water partition coefficient (Wildman–Crippen LogP) is 5.93. The van der Waals surface area contributed by atoms with Gasteiger partial charge < -0.3 is 23.7 Å². The van der Waals surface area contributed by atoms with Crippen molar-refractivity contribution >= 4 is 25.5 Å². The quantitative estimate of drug-likeness (QED) is 0.141. The average molecular weight is 642 g/mol. The van der Waals surface area contributed by atoms with Gasteiger partial charge >= 0.3 is 18.2 Å². The third kappa shape index (κ3) is 11.0. The van der Waals surface area contributed by atoms with Crippen molar-refractivity contribution in [2.45, 2.75) is 117 Å². The second-order valence-electron chi connectivity index (χ2n) is 14.2. The molecule has 0 spiro atoms. The molecular weight excluding hydrogens is 589 g/mol. The number of ether oxygens (including phenoxy) is 3. The molecule has 44 heavy (non-hydrogen) atoms. The number of H-pyrrole nitrogens is 1. The molecule has 1 fully saturated rings. The van der Waals surface area contributed by atoms with Gasteiger partial charge in [0.2, 0.25) is 12.9 Å². The molecule has 2 unspecified atom stereocenters. The summed E-state index contributed by atoms with van der Waals surface area (Å²) in [5.41, 5.74) is -1.89. The highest BCUT2D eigenvalue weighted by molar-refractivity contribution is 7.62. The maximum atomic E-state index is 14.6. The molecule has 13 heteroatoms. The van der Waals surface area contributed by atoms with Crippen LogP contribution in [0.3, 0.4) is 0 Å². The first-order chi connectivity index (χ1) is 20.1. The van der Waals surface area contributed by atoms with Gasteiger partial charge in [0.15, 0.2) is 5.16 Å². The summed E-state index contributed by atoms with van der Waals surface area (Å²) in [6, 6.07) is 3.15. The molecule has 1 aliphatic heterocycles. The summed E-state index contributed by atoms with van der Waals surface area (Å²) in [5.74, 6) is -0.607. The minimum Gasteiger partial charge on any atom is -0.459 e. The summed E-state index contributed by atoms with van der Waals surface area (Å²) in [6.07, 6.45) is 0.843. The highest BCUT2D eigenvalue weighted by atomic mass is 31.2. The van der Waals surface area contributed by atoms with Crippen molar-refractivity contribution in [3.8, 4) is 0 Å². The molecule has 250 valence electrons. The molecule has 2 amide bonds. The van der Waals surface area contributed by atoms with Crippen LogP contribution >= 0.6 is 7.37 Å². The van der Waals surface area contributed by atoms with E-state index in [-0.39, 0.29) is 44.3 Å². The van der Waals surface area contributed by atoms with Gasteiger partial charge in [-0.3, -0.25) is 19.1 Å². The summed E-state index contributed by atoms with van der Waals surface area (Å²) >= 11 is 0. The molecule has 1 aromatic rings. The van der Waals surface area contributed by atoms with Gasteiger partial charge in [-0.1, -0.05) is 6.07 Å². The molecule has 0 saturated carbocycles. The molecule has 0 aromatic carbocycles. The van der Waals surface area contributed by atoms with Crippen molar-refractivity contribution in [1.82, 2.24) is 14.8 Å². The SMILES string of the molecule is CCOP1(=O)CCN(Cc2ccc(=O)[nH]c2)CC1(CCCCN(C(=O)OC(C)(C)C)C(=O)OC(C)(C)C)C(=O)OC(C)(C)C. The minimum atomic E-state index is -3.58. The molecule has 1 aromatic heterocycles. The average Bonchev–Trinajstić information content (AvgIpc) is 2.84. The van der Waals surface area contributed by atoms with Gasteiger partial charge in [-0.2, -0.15) is 0 Å². The first kappa shape index (κ1) is 37.5. The molecule has 0 bridgehead atoms. The van der Waals surface area contributed by atoms with Gasteiger partial charge in [-0.25, -0.2) is 14.5 Å². The molecule has 2 heterocycles. The van der Waals surface area contributed by atoms with Gasteiger partial charge in [0.25, 0.3) is 0 Å². The zero-order chi connectivity index (χ0) is 33.6. The number of hydrogen-bond donors (Lipinski definition) is 1. The van der Waals surface area contributed by atoms with Crippen LogP contribution in [0.15, 0.2) is 23.1 Å². The molecular formula is C31H52N3O9P. The van der Waals surface area contributed by atoms with Crippen molar-refractivity contribution in [2.75, 3.05) is 32.4 Å². The Morgan fingerprint density at radius 1 is 0.932 bits per heavy atom. The number of amides is 2.